The Morgan fingerprint density at radius 2 is 1.95 bits per heavy atom. The lowest BCUT2D eigenvalue weighted by atomic mass is 10.2. The van der Waals surface area contributed by atoms with E-state index in [1.54, 1.807) is 12.3 Å². The van der Waals surface area contributed by atoms with Crippen LogP contribution < -0.4 is 5.32 Å². The first-order valence-corrected chi connectivity index (χ1v) is 7.53. The fourth-order valence-electron chi connectivity index (χ4n) is 2.10. The van der Waals surface area contributed by atoms with Crippen molar-refractivity contribution in [2.45, 2.75) is 6.61 Å². The van der Waals surface area contributed by atoms with E-state index in [4.69, 9.17) is 4.74 Å². The zero-order valence-electron chi connectivity index (χ0n) is 11.6. The van der Waals surface area contributed by atoms with Crippen molar-refractivity contribution in [2.75, 3.05) is 5.32 Å². The van der Waals surface area contributed by atoms with Crippen LogP contribution in [0.3, 0.4) is 0 Å². The quantitative estimate of drug-likeness (QED) is 0.736. The van der Waals surface area contributed by atoms with Gasteiger partial charge in [0.1, 0.15) is 6.61 Å². The Bertz CT molecular complexity index is 806. The molecule has 1 amide bonds. The van der Waals surface area contributed by atoms with Crippen molar-refractivity contribution < 1.29 is 9.53 Å². The lowest BCUT2D eigenvalue weighted by molar-refractivity contribution is 0.155. The molecule has 0 aliphatic carbocycles. The molecule has 0 aliphatic rings. The van der Waals surface area contributed by atoms with Gasteiger partial charge in [-0.2, -0.15) is 0 Å². The highest BCUT2D eigenvalue weighted by atomic mass is 79.9. The minimum absolute atomic E-state index is 0.235. The molecule has 1 N–H and O–H groups in total. The molecule has 0 saturated carbocycles. The fourth-order valence-corrected chi connectivity index (χ4v) is 2.46. The van der Waals surface area contributed by atoms with E-state index in [9.17, 15) is 4.79 Å². The Morgan fingerprint density at radius 1 is 1.14 bits per heavy atom. The van der Waals surface area contributed by atoms with Crippen molar-refractivity contribution in [3.05, 3.63) is 70.8 Å². The number of anilines is 1. The number of pyridine rings is 1. The van der Waals surface area contributed by atoms with Gasteiger partial charge in [-0.1, -0.05) is 46.3 Å². The van der Waals surface area contributed by atoms with Crippen LogP contribution in [-0.4, -0.2) is 11.1 Å². The summed E-state index contributed by atoms with van der Waals surface area (Å²) in [5, 5.41) is 3.62. The number of carbonyl (C=O) groups is 1. The van der Waals surface area contributed by atoms with E-state index in [1.165, 1.54) is 0 Å². The van der Waals surface area contributed by atoms with Gasteiger partial charge in [-0.15, -0.1) is 0 Å². The van der Waals surface area contributed by atoms with Crippen LogP contribution in [0.5, 0.6) is 0 Å². The summed E-state index contributed by atoms with van der Waals surface area (Å²) in [5.41, 5.74) is 2.42. The molecule has 0 fully saturated rings. The van der Waals surface area contributed by atoms with E-state index in [1.807, 2.05) is 48.5 Å². The van der Waals surface area contributed by atoms with Crippen molar-refractivity contribution >= 4 is 38.6 Å². The van der Waals surface area contributed by atoms with Crippen LogP contribution >= 0.6 is 15.9 Å². The Labute approximate surface area is 136 Å². The number of fused-ring (bicyclic) bond motifs is 1. The average Bonchev–Trinajstić information content (AvgIpc) is 2.54. The minimum atomic E-state index is -0.490. The first-order chi connectivity index (χ1) is 10.7. The number of carbonyl (C=O) groups excluding carboxylic acids is 1. The number of nitrogens with zero attached hydrogens (tertiary/aromatic N) is 1. The molecular formula is C17H13BrN2O2. The first kappa shape index (κ1) is 14.5. The predicted molar refractivity (Wildman–Crippen MR) is 89.7 cm³/mol. The molecule has 22 heavy (non-hydrogen) atoms. The third-order valence-electron chi connectivity index (χ3n) is 3.15. The van der Waals surface area contributed by atoms with Crippen LogP contribution in [0.2, 0.25) is 0 Å². The van der Waals surface area contributed by atoms with E-state index in [2.05, 4.69) is 26.2 Å². The van der Waals surface area contributed by atoms with E-state index >= 15 is 0 Å². The SMILES string of the molecule is O=C(Nc1ccnc2ccc(Br)cc12)OCc1ccccc1. The van der Waals surface area contributed by atoms with E-state index in [0.717, 1.165) is 20.9 Å². The standard InChI is InChI=1S/C17H13BrN2O2/c18-13-6-7-15-14(10-13)16(8-9-19-15)20-17(21)22-11-12-4-2-1-3-5-12/h1-10H,11H2,(H,19,20,21). The Balaban J connectivity index is 1.73. The minimum Gasteiger partial charge on any atom is -0.444 e. The highest BCUT2D eigenvalue weighted by Gasteiger charge is 2.08. The number of aromatic nitrogens is 1. The lowest BCUT2D eigenvalue weighted by Crippen LogP contribution is -2.13. The second-order valence-corrected chi connectivity index (χ2v) is 5.62. The molecular weight excluding hydrogens is 344 g/mol. The van der Waals surface area contributed by atoms with Crippen molar-refractivity contribution in [3.63, 3.8) is 0 Å². The summed E-state index contributed by atoms with van der Waals surface area (Å²) in [6, 6.07) is 17.0. The maximum atomic E-state index is 11.9. The summed E-state index contributed by atoms with van der Waals surface area (Å²) in [4.78, 5) is 16.2. The predicted octanol–water partition coefficient (Wildman–Crippen LogP) is 4.75. The Kier molecular flexibility index (Phi) is 4.34. The molecule has 1 aromatic heterocycles. The molecule has 1 heterocycles. The summed E-state index contributed by atoms with van der Waals surface area (Å²) >= 11 is 3.42. The van der Waals surface area contributed by atoms with Crippen molar-refractivity contribution in [1.82, 2.24) is 4.98 Å². The van der Waals surface area contributed by atoms with Crippen LogP contribution in [0.4, 0.5) is 10.5 Å². The first-order valence-electron chi connectivity index (χ1n) is 6.74. The fraction of sp³-hybridized carbons (Fsp3) is 0.0588. The van der Waals surface area contributed by atoms with Gasteiger partial charge in [0.25, 0.3) is 0 Å². The smallest absolute Gasteiger partial charge is 0.411 e. The van der Waals surface area contributed by atoms with E-state index < -0.39 is 6.09 Å². The maximum Gasteiger partial charge on any atom is 0.411 e. The number of benzene rings is 2. The molecule has 4 nitrogen and oxygen atoms in total. The Morgan fingerprint density at radius 3 is 2.77 bits per heavy atom. The molecule has 0 saturated heterocycles. The van der Waals surface area contributed by atoms with Gasteiger partial charge in [0, 0.05) is 16.1 Å². The van der Waals surface area contributed by atoms with Crippen molar-refractivity contribution in [3.8, 4) is 0 Å². The van der Waals surface area contributed by atoms with Gasteiger partial charge in [-0.05, 0) is 29.8 Å². The van der Waals surface area contributed by atoms with Gasteiger partial charge in [-0.25, -0.2) is 4.79 Å². The number of nitrogens with one attached hydrogen (secondary N) is 1. The topological polar surface area (TPSA) is 51.2 Å². The molecule has 0 radical (unpaired) electrons. The molecule has 2 aromatic carbocycles. The molecule has 0 atom stereocenters. The van der Waals surface area contributed by atoms with Gasteiger partial charge >= 0.3 is 6.09 Å². The van der Waals surface area contributed by atoms with Gasteiger partial charge in [0.15, 0.2) is 0 Å². The average molecular weight is 357 g/mol. The van der Waals surface area contributed by atoms with Crippen molar-refractivity contribution in [2.24, 2.45) is 0 Å². The summed E-state index contributed by atoms with van der Waals surface area (Å²) in [5.74, 6) is 0. The summed E-state index contributed by atoms with van der Waals surface area (Å²) in [7, 11) is 0. The normalized spacial score (nSPS) is 10.4. The molecule has 0 unspecified atom stereocenters. The molecule has 3 rings (SSSR count). The highest BCUT2D eigenvalue weighted by molar-refractivity contribution is 9.10. The summed E-state index contributed by atoms with van der Waals surface area (Å²) in [6.45, 7) is 0.235. The van der Waals surface area contributed by atoms with Gasteiger partial charge in [0.05, 0.1) is 11.2 Å². The monoisotopic (exact) mass is 356 g/mol. The molecule has 5 heteroatoms. The molecule has 110 valence electrons. The summed E-state index contributed by atoms with van der Waals surface area (Å²) in [6.07, 6.45) is 1.17. The molecule has 3 aromatic rings. The van der Waals surface area contributed by atoms with Crippen LogP contribution in [0.1, 0.15) is 5.56 Å². The number of hydrogen-bond donors (Lipinski definition) is 1. The second kappa shape index (κ2) is 6.58. The van der Waals surface area contributed by atoms with Crippen LogP contribution in [0.15, 0.2) is 65.3 Å². The van der Waals surface area contributed by atoms with Gasteiger partial charge in [-0.3, -0.25) is 10.3 Å². The van der Waals surface area contributed by atoms with Gasteiger partial charge in [0.2, 0.25) is 0 Å². The number of rotatable bonds is 3. The van der Waals surface area contributed by atoms with E-state index in [-0.39, 0.29) is 6.61 Å². The Hall–Kier alpha value is -2.40. The summed E-state index contributed by atoms with van der Waals surface area (Å²) < 4.78 is 6.15. The third-order valence-corrected chi connectivity index (χ3v) is 3.65. The molecule has 0 aliphatic heterocycles. The molecule has 0 bridgehead atoms. The zero-order chi connectivity index (χ0) is 15.4. The maximum absolute atomic E-state index is 11.9. The number of ether oxygens (including phenoxy) is 1. The number of hydrogen-bond acceptors (Lipinski definition) is 3. The van der Waals surface area contributed by atoms with Crippen molar-refractivity contribution in [1.29, 1.82) is 0 Å². The number of amides is 1. The lowest BCUT2D eigenvalue weighted by Gasteiger charge is -2.09. The van der Waals surface area contributed by atoms with Crippen LogP contribution in [0.25, 0.3) is 10.9 Å². The van der Waals surface area contributed by atoms with Crippen LogP contribution in [0, 0.1) is 0 Å². The van der Waals surface area contributed by atoms with Crippen LogP contribution in [-0.2, 0) is 11.3 Å². The third kappa shape index (κ3) is 3.43. The highest BCUT2D eigenvalue weighted by Crippen LogP contribution is 2.25. The second-order valence-electron chi connectivity index (χ2n) is 4.71. The largest absolute Gasteiger partial charge is 0.444 e. The number of halogens is 1. The molecule has 0 spiro atoms. The van der Waals surface area contributed by atoms with E-state index in [0.29, 0.717) is 5.69 Å². The zero-order valence-corrected chi connectivity index (χ0v) is 13.2. The van der Waals surface area contributed by atoms with Gasteiger partial charge < -0.3 is 4.74 Å².